The Morgan fingerprint density at radius 2 is 2.18 bits per heavy atom. The Bertz CT molecular complexity index is 362. The number of nitrogens with one attached hydrogen (secondary N) is 1. The summed E-state index contributed by atoms with van der Waals surface area (Å²) in [5.74, 6) is 0.588. The van der Waals surface area contributed by atoms with Gasteiger partial charge in [0.15, 0.2) is 0 Å². The van der Waals surface area contributed by atoms with Gasteiger partial charge in [-0.15, -0.1) is 0 Å². The molecule has 17 heavy (non-hydrogen) atoms. The summed E-state index contributed by atoms with van der Waals surface area (Å²) >= 11 is 0. The van der Waals surface area contributed by atoms with E-state index in [0.717, 1.165) is 19.4 Å². The van der Waals surface area contributed by atoms with Crippen LogP contribution in [0.25, 0.3) is 0 Å². The van der Waals surface area contributed by atoms with Crippen LogP contribution in [0.3, 0.4) is 0 Å². The van der Waals surface area contributed by atoms with Crippen molar-refractivity contribution in [1.82, 2.24) is 0 Å². The van der Waals surface area contributed by atoms with Crippen LogP contribution in [-0.4, -0.2) is 18.8 Å². The molecule has 1 heterocycles. The van der Waals surface area contributed by atoms with Crippen LogP contribution in [0.2, 0.25) is 0 Å². The standard InChI is InChI=1S/C15H23NO/c1-11(2)13-5-4-6-14(10-13)16-15-7-8-17-12(3)9-15/h4-6,10-12,15-16H,7-9H2,1-3H3/t12-,15?/m0/s1. The minimum atomic E-state index is 0.384. The van der Waals surface area contributed by atoms with Crippen molar-refractivity contribution in [1.29, 1.82) is 0 Å². The van der Waals surface area contributed by atoms with Crippen LogP contribution in [0.5, 0.6) is 0 Å². The highest BCUT2D eigenvalue weighted by Crippen LogP contribution is 2.22. The molecule has 1 saturated heterocycles. The molecule has 2 heteroatoms. The van der Waals surface area contributed by atoms with E-state index >= 15 is 0 Å². The molecule has 0 aromatic heterocycles. The average molecular weight is 233 g/mol. The number of anilines is 1. The molecular formula is C15H23NO. The molecule has 94 valence electrons. The number of ether oxygens (including phenoxy) is 1. The van der Waals surface area contributed by atoms with E-state index in [9.17, 15) is 0 Å². The van der Waals surface area contributed by atoms with Gasteiger partial charge >= 0.3 is 0 Å². The molecule has 0 saturated carbocycles. The van der Waals surface area contributed by atoms with Crippen molar-refractivity contribution in [3.05, 3.63) is 29.8 Å². The van der Waals surface area contributed by atoms with Crippen molar-refractivity contribution in [2.24, 2.45) is 0 Å². The Balaban J connectivity index is 2.00. The molecule has 1 N–H and O–H groups in total. The van der Waals surface area contributed by atoms with Gasteiger partial charge in [-0.05, 0) is 43.4 Å². The Hall–Kier alpha value is -1.02. The molecule has 2 rings (SSSR count). The molecular weight excluding hydrogens is 210 g/mol. The summed E-state index contributed by atoms with van der Waals surface area (Å²) in [6.45, 7) is 7.49. The van der Waals surface area contributed by atoms with Crippen molar-refractivity contribution in [2.75, 3.05) is 11.9 Å². The molecule has 0 spiro atoms. The summed E-state index contributed by atoms with van der Waals surface area (Å²) in [7, 11) is 0. The van der Waals surface area contributed by atoms with E-state index in [-0.39, 0.29) is 0 Å². The first-order valence-electron chi connectivity index (χ1n) is 6.63. The zero-order valence-corrected chi connectivity index (χ0v) is 11.1. The van der Waals surface area contributed by atoms with Gasteiger partial charge in [-0.2, -0.15) is 0 Å². The molecule has 1 unspecified atom stereocenters. The lowest BCUT2D eigenvalue weighted by atomic mass is 10.0. The second kappa shape index (κ2) is 5.54. The van der Waals surface area contributed by atoms with Crippen molar-refractivity contribution >= 4 is 5.69 Å². The van der Waals surface area contributed by atoms with Gasteiger partial charge in [0.1, 0.15) is 0 Å². The van der Waals surface area contributed by atoms with E-state index in [0.29, 0.717) is 18.1 Å². The quantitative estimate of drug-likeness (QED) is 0.857. The molecule has 0 aliphatic carbocycles. The minimum Gasteiger partial charge on any atom is -0.382 e. The Kier molecular flexibility index (Phi) is 4.06. The van der Waals surface area contributed by atoms with Gasteiger partial charge in [0, 0.05) is 18.3 Å². The zero-order valence-electron chi connectivity index (χ0n) is 11.1. The minimum absolute atomic E-state index is 0.384. The lowest BCUT2D eigenvalue weighted by Gasteiger charge is -2.29. The van der Waals surface area contributed by atoms with E-state index in [2.05, 4.69) is 50.4 Å². The van der Waals surface area contributed by atoms with Crippen LogP contribution in [0.1, 0.15) is 45.1 Å². The summed E-state index contributed by atoms with van der Waals surface area (Å²) in [5, 5.41) is 3.63. The fourth-order valence-corrected chi connectivity index (χ4v) is 2.35. The number of hydrogen-bond donors (Lipinski definition) is 1. The summed E-state index contributed by atoms with van der Waals surface area (Å²) in [6, 6.07) is 9.32. The van der Waals surface area contributed by atoms with Gasteiger partial charge in [0.2, 0.25) is 0 Å². The molecule has 2 nitrogen and oxygen atoms in total. The van der Waals surface area contributed by atoms with Crippen LogP contribution in [-0.2, 0) is 4.74 Å². The van der Waals surface area contributed by atoms with E-state index in [4.69, 9.17) is 4.74 Å². The van der Waals surface area contributed by atoms with Crippen molar-refractivity contribution < 1.29 is 4.74 Å². The molecule has 1 aliphatic rings. The molecule has 1 aliphatic heterocycles. The van der Waals surface area contributed by atoms with E-state index in [1.807, 2.05) is 0 Å². The highest BCUT2D eigenvalue weighted by Gasteiger charge is 2.18. The Morgan fingerprint density at radius 1 is 1.35 bits per heavy atom. The van der Waals surface area contributed by atoms with Gasteiger partial charge in [-0.1, -0.05) is 26.0 Å². The lowest BCUT2D eigenvalue weighted by Crippen LogP contribution is -2.32. The normalized spacial score (nSPS) is 24.9. The van der Waals surface area contributed by atoms with E-state index in [1.165, 1.54) is 11.3 Å². The summed E-state index contributed by atoms with van der Waals surface area (Å²) < 4.78 is 5.57. The Labute approximate surface area is 104 Å². The molecule has 1 fully saturated rings. The van der Waals surface area contributed by atoms with Crippen LogP contribution in [0, 0.1) is 0 Å². The summed E-state index contributed by atoms with van der Waals surface area (Å²) in [4.78, 5) is 0. The van der Waals surface area contributed by atoms with Crippen LogP contribution in [0.15, 0.2) is 24.3 Å². The third-order valence-electron chi connectivity index (χ3n) is 3.41. The largest absolute Gasteiger partial charge is 0.382 e. The predicted octanol–water partition coefficient (Wildman–Crippen LogP) is 3.79. The smallest absolute Gasteiger partial charge is 0.0566 e. The second-order valence-corrected chi connectivity index (χ2v) is 5.33. The summed E-state index contributed by atoms with van der Waals surface area (Å²) in [5.41, 5.74) is 2.64. The topological polar surface area (TPSA) is 21.3 Å². The van der Waals surface area contributed by atoms with Gasteiger partial charge in [0.25, 0.3) is 0 Å². The van der Waals surface area contributed by atoms with Crippen LogP contribution >= 0.6 is 0 Å². The van der Waals surface area contributed by atoms with Crippen LogP contribution < -0.4 is 5.32 Å². The fraction of sp³-hybridized carbons (Fsp3) is 0.600. The number of benzene rings is 1. The van der Waals surface area contributed by atoms with Crippen LogP contribution in [0.4, 0.5) is 5.69 Å². The van der Waals surface area contributed by atoms with E-state index < -0.39 is 0 Å². The first-order chi connectivity index (χ1) is 8.15. The highest BCUT2D eigenvalue weighted by atomic mass is 16.5. The molecule has 2 atom stereocenters. The van der Waals surface area contributed by atoms with Crippen molar-refractivity contribution in [3.8, 4) is 0 Å². The summed E-state index contributed by atoms with van der Waals surface area (Å²) in [6.07, 6.45) is 2.59. The van der Waals surface area contributed by atoms with Crippen molar-refractivity contribution in [3.63, 3.8) is 0 Å². The lowest BCUT2D eigenvalue weighted by molar-refractivity contribution is 0.0232. The average Bonchev–Trinajstić information content (AvgIpc) is 2.29. The molecule has 0 bridgehead atoms. The van der Waals surface area contributed by atoms with E-state index in [1.54, 1.807) is 0 Å². The number of hydrogen-bond acceptors (Lipinski definition) is 2. The number of rotatable bonds is 3. The van der Waals surface area contributed by atoms with Gasteiger partial charge in [-0.25, -0.2) is 0 Å². The molecule has 1 aromatic carbocycles. The Morgan fingerprint density at radius 3 is 2.88 bits per heavy atom. The molecule has 0 amide bonds. The molecule has 0 radical (unpaired) electrons. The third-order valence-corrected chi connectivity index (χ3v) is 3.41. The maximum Gasteiger partial charge on any atom is 0.0566 e. The maximum absolute atomic E-state index is 5.57. The van der Waals surface area contributed by atoms with Crippen molar-refractivity contribution in [2.45, 2.75) is 51.7 Å². The fourth-order valence-electron chi connectivity index (χ4n) is 2.35. The first-order valence-corrected chi connectivity index (χ1v) is 6.63. The highest BCUT2D eigenvalue weighted by molar-refractivity contribution is 5.47. The zero-order chi connectivity index (χ0) is 12.3. The predicted molar refractivity (Wildman–Crippen MR) is 72.6 cm³/mol. The van der Waals surface area contributed by atoms with Gasteiger partial charge < -0.3 is 10.1 Å². The molecule has 1 aromatic rings. The second-order valence-electron chi connectivity index (χ2n) is 5.33. The SMILES string of the molecule is CC(C)c1cccc(NC2CCO[C@@H](C)C2)c1. The van der Waals surface area contributed by atoms with Gasteiger partial charge in [-0.3, -0.25) is 0 Å². The third kappa shape index (κ3) is 3.47. The monoisotopic (exact) mass is 233 g/mol. The van der Waals surface area contributed by atoms with Gasteiger partial charge in [0.05, 0.1) is 6.10 Å². The maximum atomic E-state index is 5.57. The first kappa shape index (κ1) is 12.4.